The number of hydrogen-bond donors (Lipinski definition) is 2. The van der Waals surface area contributed by atoms with E-state index in [1.165, 1.54) is 12.8 Å². The van der Waals surface area contributed by atoms with Gasteiger partial charge in [-0.15, -0.1) is 0 Å². The number of H-pyrrole nitrogens is 1. The van der Waals surface area contributed by atoms with Crippen molar-refractivity contribution in [3.8, 4) is 23.0 Å². The standard InChI is InChI=1S/C30H34N2O5/c1-3-7-20-16-21(29-32-26-8-4-5-9-28(26)37-29)10-13-27(20)36-15-6-14-35-22-11-12-25-23(17-22)24(18-31-25)19(2)30(33)34/h10-13,16-19,31H,3-9,14-15H2,1-2H3,(H,33,34). The first-order valence-corrected chi connectivity index (χ1v) is 13.2. The lowest BCUT2D eigenvalue weighted by Gasteiger charge is -2.13. The molecule has 1 unspecified atom stereocenters. The average molecular weight is 503 g/mol. The lowest BCUT2D eigenvalue weighted by molar-refractivity contribution is -0.138. The number of oxazole rings is 1. The number of nitrogens with zero attached hydrogens (tertiary/aromatic N) is 1. The third-order valence-corrected chi connectivity index (χ3v) is 7.01. The first-order valence-electron chi connectivity index (χ1n) is 13.2. The van der Waals surface area contributed by atoms with Crippen molar-refractivity contribution in [1.29, 1.82) is 0 Å². The second-order valence-corrected chi connectivity index (χ2v) is 9.73. The van der Waals surface area contributed by atoms with Gasteiger partial charge in [-0.3, -0.25) is 4.79 Å². The molecule has 194 valence electrons. The number of hydrogen-bond acceptors (Lipinski definition) is 5. The van der Waals surface area contributed by atoms with Crippen molar-refractivity contribution in [2.45, 2.75) is 64.7 Å². The van der Waals surface area contributed by atoms with E-state index in [4.69, 9.17) is 18.9 Å². The molecular weight excluding hydrogens is 468 g/mol. The predicted molar refractivity (Wildman–Crippen MR) is 143 cm³/mol. The molecule has 5 rings (SSSR count). The van der Waals surface area contributed by atoms with Crippen LogP contribution in [0.4, 0.5) is 0 Å². The Morgan fingerprint density at radius 3 is 2.78 bits per heavy atom. The van der Waals surface area contributed by atoms with Crippen LogP contribution in [0.3, 0.4) is 0 Å². The van der Waals surface area contributed by atoms with E-state index in [1.54, 1.807) is 13.1 Å². The van der Waals surface area contributed by atoms with E-state index in [0.717, 1.165) is 82.7 Å². The summed E-state index contributed by atoms with van der Waals surface area (Å²) in [6.45, 7) is 4.89. The number of aliphatic carboxylic acids is 1. The Morgan fingerprint density at radius 2 is 1.97 bits per heavy atom. The van der Waals surface area contributed by atoms with E-state index >= 15 is 0 Å². The van der Waals surface area contributed by atoms with Crippen LogP contribution in [-0.4, -0.2) is 34.3 Å². The zero-order valence-corrected chi connectivity index (χ0v) is 21.5. The van der Waals surface area contributed by atoms with Crippen LogP contribution in [0.15, 0.2) is 47.0 Å². The maximum atomic E-state index is 11.4. The van der Waals surface area contributed by atoms with Crippen molar-refractivity contribution in [1.82, 2.24) is 9.97 Å². The monoisotopic (exact) mass is 502 g/mol. The second-order valence-electron chi connectivity index (χ2n) is 9.73. The summed E-state index contributed by atoms with van der Waals surface area (Å²) in [5.41, 5.74) is 4.94. The van der Waals surface area contributed by atoms with Gasteiger partial charge in [0, 0.05) is 35.5 Å². The Balaban J connectivity index is 1.18. The fraction of sp³-hybridized carbons (Fsp3) is 0.400. The molecule has 0 radical (unpaired) electrons. The quantitative estimate of drug-likeness (QED) is 0.222. The third kappa shape index (κ3) is 5.50. The fourth-order valence-electron chi connectivity index (χ4n) is 4.93. The van der Waals surface area contributed by atoms with E-state index in [2.05, 4.69) is 18.0 Å². The molecule has 0 saturated heterocycles. The zero-order chi connectivity index (χ0) is 25.8. The molecule has 7 heteroatoms. The van der Waals surface area contributed by atoms with Gasteiger partial charge in [0.1, 0.15) is 17.3 Å². The molecule has 7 nitrogen and oxygen atoms in total. The molecule has 4 aromatic rings. The predicted octanol–water partition coefficient (Wildman–Crippen LogP) is 6.69. The summed E-state index contributed by atoms with van der Waals surface area (Å²) in [6, 6.07) is 11.9. The molecular formula is C30H34N2O5. The Labute approximate surface area is 216 Å². The molecule has 0 saturated carbocycles. The molecule has 0 bridgehead atoms. The molecule has 0 aliphatic heterocycles. The number of fused-ring (bicyclic) bond motifs is 2. The summed E-state index contributed by atoms with van der Waals surface area (Å²) in [5, 5.41) is 10.2. The van der Waals surface area contributed by atoms with Gasteiger partial charge in [-0.25, -0.2) is 4.98 Å². The number of rotatable bonds is 11. The highest BCUT2D eigenvalue weighted by Gasteiger charge is 2.19. The van der Waals surface area contributed by atoms with Crippen LogP contribution in [0.25, 0.3) is 22.4 Å². The van der Waals surface area contributed by atoms with Crippen LogP contribution in [0.1, 0.15) is 68.0 Å². The Morgan fingerprint density at radius 1 is 1.14 bits per heavy atom. The van der Waals surface area contributed by atoms with E-state index in [-0.39, 0.29) is 0 Å². The lowest BCUT2D eigenvalue weighted by atomic mass is 10.0. The molecule has 1 aliphatic carbocycles. The number of aromatic nitrogens is 2. The highest BCUT2D eigenvalue weighted by atomic mass is 16.5. The van der Waals surface area contributed by atoms with Crippen LogP contribution in [0.2, 0.25) is 0 Å². The van der Waals surface area contributed by atoms with E-state index in [9.17, 15) is 9.90 Å². The van der Waals surface area contributed by atoms with Crippen molar-refractivity contribution in [3.63, 3.8) is 0 Å². The molecule has 2 aromatic heterocycles. The van der Waals surface area contributed by atoms with Gasteiger partial charge in [0.2, 0.25) is 5.89 Å². The summed E-state index contributed by atoms with van der Waals surface area (Å²) in [7, 11) is 0. The van der Waals surface area contributed by atoms with Crippen molar-refractivity contribution >= 4 is 16.9 Å². The van der Waals surface area contributed by atoms with Crippen molar-refractivity contribution in [3.05, 3.63) is 65.2 Å². The van der Waals surface area contributed by atoms with Crippen LogP contribution >= 0.6 is 0 Å². The first kappa shape index (κ1) is 24.9. The summed E-state index contributed by atoms with van der Waals surface area (Å²) >= 11 is 0. The Kier molecular flexibility index (Phi) is 7.49. The zero-order valence-electron chi connectivity index (χ0n) is 21.5. The van der Waals surface area contributed by atoms with Crippen LogP contribution in [0.5, 0.6) is 11.5 Å². The van der Waals surface area contributed by atoms with Gasteiger partial charge in [0.25, 0.3) is 0 Å². The van der Waals surface area contributed by atoms with E-state index < -0.39 is 11.9 Å². The Bertz CT molecular complexity index is 1360. The number of carbonyl (C=O) groups is 1. The molecule has 1 aliphatic rings. The van der Waals surface area contributed by atoms with Crippen molar-refractivity contribution < 1.29 is 23.8 Å². The maximum Gasteiger partial charge on any atom is 0.310 e. The van der Waals surface area contributed by atoms with E-state index in [1.807, 2.05) is 30.3 Å². The van der Waals surface area contributed by atoms with Gasteiger partial charge in [0.15, 0.2) is 0 Å². The van der Waals surface area contributed by atoms with Crippen molar-refractivity contribution in [2.24, 2.45) is 0 Å². The largest absolute Gasteiger partial charge is 0.493 e. The van der Waals surface area contributed by atoms with Crippen LogP contribution < -0.4 is 9.47 Å². The van der Waals surface area contributed by atoms with Gasteiger partial charge in [-0.2, -0.15) is 0 Å². The normalized spacial score (nSPS) is 13.9. The summed E-state index contributed by atoms with van der Waals surface area (Å²) in [4.78, 5) is 19.3. The first-order chi connectivity index (χ1) is 18.0. The van der Waals surface area contributed by atoms with Gasteiger partial charge in [-0.1, -0.05) is 13.3 Å². The number of carboxylic acids is 1. The number of benzene rings is 2. The lowest BCUT2D eigenvalue weighted by Crippen LogP contribution is -2.07. The highest BCUT2D eigenvalue weighted by molar-refractivity contribution is 5.90. The van der Waals surface area contributed by atoms with Gasteiger partial charge < -0.3 is 24.0 Å². The fourth-order valence-corrected chi connectivity index (χ4v) is 4.93. The average Bonchev–Trinajstić information content (AvgIpc) is 3.53. The summed E-state index contributed by atoms with van der Waals surface area (Å²) < 4.78 is 18.2. The third-order valence-electron chi connectivity index (χ3n) is 7.01. The number of aromatic amines is 1. The van der Waals surface area contributed by atoms with Crippen LogP contribution in [-0.2, 0) is 24.1 Å². The minimum absolute atomic E-state index is 0.503. The van der Waals surface area contributed by atoms with Gasteiger partial charge >= 0.3 is 5.97 Å². The van der Waals surface area contributed by atoms with Gasteiger partial charge in [0.05, 0.1) is 24.8 Å². The molecule has 1 atom stereocenters. The number of ether oxygens (including phenoxy) is 2. The van der Waals surface area contributed by atoms with Crippen LogP contribution in [0, 0.1) is 0 Å². The molecule has 0 spiro atoms. The number of carboxylic acid groups (broad SMARTS) is 1. The summed E-state index contributed by atoms with van der Waals surface area (Å²) in [5.74, 6) is 1.93. The topological polar surface area (TPSA) is 97.6 Å². The van der Waals surface area contributed by atoms with E-state index in [0.29, 0.717) is 19.1 Å². The highest BCUT2D eigenvalue weighted by Crippen LogP contribution is 2.32. The maximum absolute atomic E-state index is 11.4. The molecule has 37 heavy (non-hydrogen) atoms. The molecule has 2 N–H and O–H groups in total. The molecule has 0 fully saturated rings. The molecule has 2 heterocycles. The summed E-state index contributed by atoms with van der Waals surface area (Å²) in [6.07, 6.45) is 8.77. The van der Waals surface area contributed by atoms with Crippen molar-refractivity contribution in [2.75, 3.05) is 13.2 Å². The molecule has 2 aromatic carbocycles. The number of aryl methyl sites for hydroxylation is 3. The SMILES string of the molecule is CCCc1cc(-c2nc3c(o2)CCCC3)ccc1OCCCOc1ccc2[nH]cc(C(C)C(=O)O)c2c1. The van der Waals surface area contributed by atoms with Gasteiger partial charge in [-0.05, 0) is 80.1 Å². The Hall–Kier alpha value is -3.74. The minimum atomic E-state index is -0.848. The molecule has 0 amide bonds. The number of nitrogens with one attached hydrogen (secondary N) is 1. The minimum Gasteiger partial charge on any atom is -0.493 e. The smallest absolute Gasteiger partial charge is 0.310 e. The second kappa shape index (κ2) is 11.1.